The minimum atomic E-state index is 0.833. The summed E-state index contributed by atoms with van der Waals surface area (Å²) in [4.78, 5) is 0. The highest BCUT2D eigenvalue weighted by molar-refractivity contribution is 6.02. The third-order valence-electron chi connectivity index (χ3n) is 3.27. The predicted molar refractivity (Wildman–Crippen MR) is 78.5 cm³/mol. The van der Waals surface area contributed by atoms with E-state index in [-0.39, 0.29) is 0 Å². The number of rotatable bonds is 1. The van der Waals surface area contributed by atoms with Crippen LogP contribution in [0.1, 0.15) is 5.56 Å². The van der Waals surface area contributed by atoms with Crippen LogP contribution in [0, 0.1) is 6.92 Å². The number of nitrogens with two attached hydrogens (primary N) is 1. The monoisotopic (exact) mass is 233 g/mol. The summed E-state index contributed by atoms with van der Waals surface area (Å²) in [5.41, 5.74) is 10.6. The van der Waals surface area contributed by atoms with E-state index in [9.17, 15) is 0 Å². The summed E-state index contributed by atoms with van der Waals surface area (Å²) < 4.78 is 0. The van der Waals surface area contributed by atoms with Crippen molar-refractivity contribution in [2.75, 3.05) is 5.73 Å². The number of aryl methyl sites for hydroxylation is 1. The summed E-state index contributed by atoms with van der Waals surface area (Å²) in [5, 5.41) is 2.45. The van der Waals surface area contributed by atoms with Crippen LogP contribution in [0.4, 0.5) is 5.69 Å². The number of hydrogen-bond acceptors (Lipinski definition) is 1. The van der Waals surface area contributed by atoms with Gasteiger partial charge in [-0.2, -0.15) is 0 Å². The van der Waals surface area contributed by atoms with Crippen molar-refractivity contribution in [1.29, 1.82) is 0 Å². The van der Waals surface area contributed by atoms with Crippen LogP contribution >= 0.6 is 0 Å². The number of hydrogen-bond donors (Lipinski definition) is 1. The van der Waals surface area contributed by atoms with Crippen LogP contribution in [0.3, 0.4) is 0 Å². The Hall–Kier alpha value is -2.28. The molecule has 0 saturated heterocycles. The van der Waals surface area contributed by atoms with Gasteiger partial charge < -0.3 is 5.73 Å². The van der Waals surface area contributed by atoms with Crippen molar-refractivity contribution in [1.82, 2.24) is 0 Å². The average molecular weight is 233 g/mol. The van der Waals surface area contributed by atoms with Crippen LogP contribution in [-0.2, 0) is 0 Å². The fraction of sp³-hybridized carbons (Fsp3) is 0.0588. The fourth-order valence-electron chi connectivity index (χ4n) is 2.38. The molecule has 88 valence electrons. The van der Waals surface area contributed by atoms with Gasteiger partial charge in [0.05, 0.1) is 0 Å². The predicted octanol–water partition coefficient (Wildman–Crippen LogP) is 4.40. The minimum absolute atomic E-state index is 0.833. The minimum Gasteiger partial charge on any atom is -0.398 e. The van der Waals surface area contributed by atoms with Crippen molar-refractivity contribution in [3.05, 3.63) is 66.2 Å². The molecule has 1 heteroatoms. The molecular weight excluding hydrogens is 218 g/mol. The average Bonchev–Trinajstić information content (AvgIpc) is 2.39. The van der Waals surface area contributed by atoms with Gasteiger partial charge in [-0.1, -0.05) is 60.2 Å². The molecule has 18 heavy (non-hydrogen) atoms. The van der Waals surface area contributed by atoms with Gasteiger partial charge in [-0.25, -0.2) is 0 Å². The molecule has 3 rings (SSSR count). The number of anilines is 1. The highest BCUT2D eigenvalue weighted by Gasteiger charge is 2.07. The Labute approximate surface area is 107 Å². The molecule has 2 N–H and O–H groups in total. The first-order chi connectivity index (χ1) is 8.75. The molecule has 3 aromatic rings. The Morgan fingerprint density at radius 2 is 1.56 bits per heavy atom. The zero-order valence-electron chi connectivity index (χ0n) is 10.4. The van der Waals surface area contributed by atoms with Gasteiger partial charge in [0.15, 0.2) is 0 Å². The molecular formula is C17H15N. The first-order valence-corrected chi connectivity index (χ1v) is 6.10. The maximum atomic E-state index is 6.17. The second-order valence-corrected chi connectivity index (χ2v) is 4.62. The molecule has 0 radical (unpaired) electrons. The Kier molecular flexibility index (Phi) is 2.52. The van der Waals surface area contributed by atoms with Crippen LogP contribution < -0.4 is 5.73 Å². The van der Waals surface area contributed by atoms with Crippen molar-refractivity contribution in [3.63, 3.8) is 0 Å². The van der Waals surface area contributed by atoms with Crippen LogP contribution in [-0.4, -0.2) is 0 Å². The Morgan fingerprint density at radius 1 is 0.833 bits per heavy atom. The second-order valence-electron chi connectivity index (χ2n) is 4.62. The van der Waals surface area contributed by atoms with E-state index >= 15 is 0 Å². The van der Waals surface area contributed by atoms with E-state index < -0.39 is 0 Å². The quantitative estimate of drug-likeness (QED) is 0.619. The summed E-state index contributed by atoms with van der Waals surface area (Å²) >= 11 is 0. The third-order valence-corrected chi connectivity index (χ3v) is 3.27. The summed E-state index contributed by atoms with van der Waals surface area (Å²) in [6.45, 7) is 2.11. The zero-order valence-corrected chi connectivity index (χ0v) is 10.4. The first kappa shape index (κ1) is 10.8. The SMILES string of the molecule is Cc1ccc2ccc(N)c(-c3ccccc3)c2c1. The lowest BCUT2D eigenvalue weighted by Crippen LogP contribution is -1.91. The fourth-order valence-corrected chi connectivity index (χ4v) is 2.38. The lowest BCUT2D eigenvalue weighted by atomic mass is 9.95. The zero-order chi connectivity index (χ0) is 12.5. The smallest absolute Gasteiger partial charge is 0.0400 e. The van der Waals surface area contributed by atoms with Crippen LogP contribution in [0.25, 0.3) is 21.9 Å². The van der Waals surface area contributed by atoms with E-state index in [1.807, 2.05) is 24.3 Å². The standard InChI is InChI=1S/C17H15N/c1-12-7-8-13-9-10-16(18)17(15(13)11-12)14-5-3-2-4-6-14/h2-11H,18H2,1H3. The number of benzene rings is 3. The highest BCUT2D eigenvalue weighted by atomic mass is 14.6. The van der Waals surface area contributed by atoms with Gasteiger partial charge in [0.2, 0.25) is 0 Å². The summed E-state index contributed by atoms with van der Waals surface area (Å²) in [5.74, 6) is 0. The van der Waals surface area contributed by atoms with Crippen molar-refractivity contribution >= 4 is 16.5 Å². The summed E-state index contributed by atoms with van der Waals surface area (Å²) in [6.07, 6.45) is 0. The molecule has 0 heterocycles. The van der Waals surface area contributed by atoms with Gasteiger partial charge in [-0.3, -0.25) is 0 Å². The highest BCUT2D eigenvalue weighted by Crippen LogP contribution is 2.34. The molecule has 0 saturated carbocycles. The maximum Gasteiger partial charge on any atom is 0.0400 e. The lowest BCUT2D eigenvalue weighted by molar-refractivity contribution is 1.50. The topological polar surface area (TPSA) is 26.0 Å². The van der Waals surface area contributed by atoms with E-state index in [0.29, 0.717) is 0 Å². The van der Waals surface area contributed by atoms with Crippen molar-refractivity contribution < 1.29 is 0 Å². The summed E-state index contributed by atoms with van der Waals surface area (Å²) in [7, 11) is 0. The molecule has 0 unspecified atom stereocenters. The second kappa shape index (κ2) is 4.19. The van der Waals surface area contributed by atoms with Crippen molar-refractivity contribution in [3.8, 4) is 11.1 Å². The van der Waals surface area contributed by atoms with Crippen LogP contribution in [0.15, 0.2) is 60.7 Å². The van der Waals surface area contributed by atoms with Crippen molar-refractivity contribution in [2.45, 2.75) is 6.92 Å². The largest absolute Gasteiger partial charge is 0.398 e. The Morgan fingerprint density at radius 3 is 2.33 bits per heavy atom. The molecule has 0 aliphatic rings. The first-order valence-electron chi connectivity index (χ1n) is 6.10. The van der Waals surface area contributed by atoms with Gasteiger partial charge in [-0.15, -0.1) is 0 Å². The molecule has 0 atom stereocenters. The van der Waals surface area contributed by atoms with E-state index in [0.717, 1.165) is 11.3 Å². The Balaban J connectivity index is 2.40. The molecule has 0 spiro atoms. The number of fused-ring (bicyclic) bond motifs is 1. The van der Waals surface area contributed by atoms with E-state index in [1.165, 1.54) is 21.9 Å². The van der Waals surface area contributed by atoms with Crippen LogP contribution in [0.2, 0.25) is 0 Å². The van der Waals surface area contributed by atoms with E-state index in [1.54, 1.807) is 0 Å². The van der Waals surface area contributed by atoms with E-state index in [2.05, 4.69) is 43.3 Å². The maximum absolute atomic E-state index is 6.17. The molecule has 1 nitrogen and oxygen atoms in total. The van der Waals surface area contributed by atoms with E-state index in [4.69, 9.17) is 5.73 Å². The molecule has 0 fully saturated rings. The van der Waals surface area contributed by atoms with Gasteiger partial charge in [0, 0.05) is 11.3 Å². The van der Waals surface area contributed by atoms with Gasteiger partial charge >= 0.3 is 0 Å². The molecule has 0 aliphatic carbocycles. The normalized spacial score (nSPS) is 10.7. The lowest BCUT2D eigenvalue weighted by Gasteiger charge is -2.11. The molecule has 0 aliphatic heterocycles. The van der Waals surface area contributed by atoms with Gasteiger partial charge in [-0.05, 0) is 29.3 Å². The molecule has 0 bridgehead atoms. The molecule has 0 amide bonds. The number of nitrogen functional groups attached to an aromatic ring is 1. The third kappa shape index (κ3) is 1.74. The van der Waals surface area contributed by atoms with Gasteiger partial charge in [0.25, 0.3) is 0 Å². The van der Waals surface area contributed by atoms with Crippen LogP contribution in [0.5, 0.6) is 0 Å². The molecule has 0 aromatic heterocycles. The van der Waals surface area contributed by atoms with Crippen molar-refractivity contribution in [2.24, 2.45) is 0 Å². The Bertz CT molecular complexity index is 694. The summed E-state index contributed by atoms with van der Waals surface area (Å²) in [6, 6.07) is 20.9. The van der Waals surface area contributed by atoms with Gasteiger partial charge in [0.1, 0.15) is 0 Å². The molecule has 3 aromatic carbocycles.